The van der Waals surface area contributed by atoms with E-state index in [1.54, 1.807) is 0 Å². The number of unbranched alkanes of at least 4 members (excludes halogenated alkanes) is 1. The van der Waals surface area contributed by atoms with Crippen LogP contribution in [-0.4, -0.2) is 18.8 Å². The fraction of sp³-hybridized carbons (Fsp3) is 0.273. The molecular formula is C22H25NO3. The zero-order chi connectivity index (χ0) is 18.8. The van der Waals surface area contributed by atoms with Crippen molar-refractivity contribution in [2.45, 2.75) is 33.3 Å². The van der Waals surface area contributed by atoms with Gasteiger partial charge in [-0.25, -0.2) is 4.79 Å². The fourth-order valence-corrected chi connectivity index (χ4v) is 2.54. The average Bonchev–Trinajstić information content (AvgIpc) is 2.69. The number of ether oxygens (including phenoxy) is 1. The summed E-state index contributed by atoms with van der Waals surface area (Å²) in [6, 6.07) is 17.5. The van der Waals surface area contributed by atoms with Crippen LogP contribution < -0.4 is 0 Å². The Labute approximate surface area is 155 Å². The fourth-order valence-electron chi connectivity index (χ4n) is 2.54. The SMILES string of the molecule is CCC/C=C(\C(=O)OC)c1ccccc1CO/N=C(\C)c1ccccc1. The number of esters is 1. The van der Waals surface area contributed by atoms with Gasteiger partial charge >= 0.3 is 5.97 Å². The first kappa shape index (κ1) is 19.4. The standard InChI is InChI=1S/C22H25NO3/c1-4-5-14-21(22(24)25-3)20-15-10-9-13-19(20)16-26-23-17(2)18-11-7-6-8-12-18/h6-15H,4-5,16H2,1-3H3/b21-14-,23-17+. The van der Waals surface area contributed by atoms with Gasteiger partial charge in [0.25, 0.3) is 0 Å². The van der Waals surface area contributed by atoms with Crippen molar-refractivity contribution < 1.29 is 14.4 Å². The van der Waals surface area contributed by atoms with Gasteiger partial charge in [-0.2, -0.15) is 0 Å². The van der Waals surface area contributed by atoms with Crippen LogP contribution in [0.25, 0.3) is 5.57 Å². The van der Waals surface area contributed by atoms with E-state index < -0.39 is 0 Å². The Morgan fingerprint density at radius 2 is 1.77 bits per heavy atom. The zero-order valence-corrected chi connectivity index (χ0v) is 15.6. The quantitative estimate of drug-likeness (QED) is 0.291. The Hall–Kier alpha value is -2.88. The van der Waals surface area contributed by atoms with Gasteiger partial charge in [0.1, 0.15) is 6.61 Å². The lowest BCUT2D eigenvalue weighted by molar-refractivity contribution is -0.133. The molecule has 136 valence electrons. The predicted octanol–water partition coefficient (Wildman–Crippen LogP) is 4.98. The van der Waals surface area contributed by atoms with Crippen molar-refractivity contribution in [2.75, 3.05) is 7.11 Å². The van der Waals surface area contributed by atoms with Crippen LogP contribution in [0.3, 0.4) is 0 Å². The molecule has 0 heterocycles. The summed E-state index contributed by atoms with van der Waals surface area (Å²) in [6.07, 6.45) is 3.69. The summed E-state index contributed by atoms with van der Waals surface area (Å²) in [6.45, 7) is 4.25. The van der Waals surface area contributed by atoms with E-state index >= 15 is 0 Å². The van der Waals surface area contributed by atoms with Gasteiger partial charge in [0.2, 0.25) is 0 Å². The summed E-state index contributed by atoms with van der Waals surface area (Å²) in [5, 5.41) is 4.20. The lowest BCUT2D eigenvalue weighted by Gasteiger charge is -2.11. The summed E-state index contributed by atoms with van der Waals surface area (Å²) in [4.78, 5) is 17.7. The van der Waals surface area contributed by atoms with Crippen LogP contribution in [-0.2, 0) is 21.0 Å². The highest BCUT2D eigenvalue weighted by molar-refractivity contribution is 6.16. The maximum atomic E-state index is 12.2. The second-order valence-electron chi connectivity index (χ2n) is 5.87. The number of hydrogen-bond acceptors (Lipinski definition) is 4. The van der Waals surface area contributed by atoms with Crippen molar-refractivity contribution in [3.05, 3.63) is 77.4 Å². The maximum Gasteiger partial charge on any atom is 0.338 e. The molecule has 0 fully saturated rings. The van der Waals surface area contributed by atoms with E-state index in [1.807, 2.05) is 67.6 Å². The van der Waals surface area contributed by atoms with Crippen molar-refractivity contribution >= 4 is 17.3 Å². The maximum absolute atomic E-state index is 12.2. The van der Waals surface area contributed by atoms with Crippen LogP contribution >= 0.6 is 0 Å². The zero-order valence-electron chi connectivity index (χ0n) is 15.6. The van der Waals surface area contributed by atoms with Gasteiger partial charge < -0.3 is 9.57 Å². The summed E-state index contributed by atoms with van der Waals surface area (Å²) < 4.78 is 4.94. The van der Waals surface area contributed by atoms with Gasteiger partial charge in [0, 0.05) is 5.56 Å². The lowest BCUT2D eigenvalue weighted by Crippen LogP contribution is -2.07. The molecular weight excluding hydrogens is 326 g/mol. The highest BCUT2D eigenvalue weighted by atomic mass is 16.6. The van der Waals surface area contributed by atoms with Crippen molar-refractivity contribution in [3.8, 4) is 0 Å². The minimum absolute atomic E-state index is 0.279. The Morgan fingerprint density at radius 1 is 1.08 bits per heavy atom. The Bertz CT molecular complexity index is 779. The second kappa shape index (κ2) is 10.2. The van der Waals surface area contributed by atoms with Crippen LogP contribution in [0.4, 0.5) is 0 Å². The molecule has 0 spiro atoms. The summed E-state index contributed by atoms with van der Waals surface area (Å²) >= 11 is 0. The minimum atomic E-state index is -0.338. The van der Waals surface area contributed by atoms with Gasteiger partial charge in [0.05, 0.1) is 18.4 Å². The number of carbonyl (C=O) groups is 1. The topological polar surface area (TPSA) is 47.9 Å². The number of benzene rings is 2. The van der Waals surface area contributed by atoms with Gasteiger partial charge in [-0.1, -0.05) is 79.2 Å². The van der Waals surface area contributed by atoms with Crippen molar-refractivity contribution in [1.29, 1.82) is 0 Å². The molecule has 0 radical (unpaired) electrons. The van der Waals surface area contributed by atoms with E-state index in [-0.39, 0.29) is 12.6 Å². The van der Waals surface area contributed by atoms with Gasteiger partial charge in [-0.3, -0.25) is 0 Å². The minimum Gasteiger partial charge on any atom is -0.465 e. The Kier molecular flexibility index (Phi) is 7.62. The molecule has 0 amide bonds. The molecule has 4 heteroatoms. The van der Waals surface area contributed by atoms with Crippen LogP contribution in [0.1, 0.15) is 43.4 Å². The van der Waals surface area contributed by atoms with E-state index in [9.17, 15) is 4.79 Å². The van der Waals surface area contributed by atoms with Gasteiger partial charge in [-0.05, 0) is 24.5 Å². The molecule has 0 aliphatic heterocycles. The largest absolute Gasteiger partial charge is 0.465 e. The molecule has 0 atom stereocenters. The van der Waals surface area contributed by atoms with Crippen LogP contribution in [0.2, 0.25) is 0 Å². The third kappa shape index (κ3) is 5.31. The normalized spacial score (nSPS) is 12.0. The second-order valence-corrected chi connectivity index (χ2v) is 5.87. The predicted molar refractivity (Wildman–Crippen MR) is 105 cm³/mol. The summed E-state index contributed by atoms with van der Waals surface area (Å²) in [5.41, 5.74) is 4.10. The molecule has 4 nitrogen and oxygen atoms in total. The molecule has 2 aromatic rings. The number of nitrogens with zero attached hydrogens (tertiary/aromatic N) is 1. The Morgan fingerprint density at radius 3 is 2.46 bits per heavy atom. The summed E-state index contributed by atoms with van der Waals surface area (Å²) in [7, 11) is 1.40. The number of allylic oxidation sites excluding steroid dienone is 1. The first-order valence-electron chi connectivity index (χ1n) is 8.76. The number of rotatable bonds is 8. The van der Waals surface area contributed by atoms with E-state index in [1.165, 1.54) is 7.11 Å². The van der Waals surface area contributed by atoms with Crippen LogP contribution in [0, 0.1) is 0 Å². The molecule has 0 aliphatic carbocycles. The average molecular weight is 351 g/mol. The smallest absolute Gasteiger partial charge is 0.338 e. The van der Waals surface area contributed by atoms with E-state index in [4.69, 9.17) is 9.57 Å². The third-order valence-corrected chi connectivity index (χ3v) is 3.96. The molecule has 2 rings (SSSR count). The number of methoxy groups -OCH3 is 1. The van der Waals surface area contributed by atoms with Crippen molar-refractivity contribution in [3.63, 3.8) is 0 Å². The Balaban J connectivity index is 2.19. The van der Waals surface area contributed by atoms with Crippen LogP contribution in [0.5, 0.6) is 0 Å². The number of oxime groups is 1. The first-order valence-corrected chi connectivity index (χ1v) is 8.76. The number of carbonyl (C=O) groups excluding carboxylic acids is 1. The molecule has 0 saturated heterocycles. The van der Waals surface area contributed by atoms with Gasteiger partial charge in [-0.15, -0.1) is 0 Å². The monoisotopic (exact) mass is 351 g/mol. The highest BCUT2D eigenvalue weighted by Gasteiger charge is 2.15. The number of hydrogen-bond donors (Lipinski definition) is 0. The first-order chi connectivity index (χ1) is 12.7. The van der Waals surface area contributed by atoms with Gasteiger partial charge in [0.15, 0.2) is 0 Å². The van der Waals surface area contributed by atoms with E-state index in [2.05, 4.69) is 12.1 Å². The molecule has 2 aromatic carbocycles. The molecule has 0 bridgehead atoms. The summed E-state index contributed by atoms with van der Waals surface area (Å²) in [5.74, 6) is -0.338. The molecule has 0 aliphatic rings. The molecule has 0 unspecified atom stereocenters. The van der Waals surface area contributed by atoms with Crippen LogP contribution in [0.15, 0.2) is 65.8 Å². The third-order valence-electron chi connectivity index (χ3n) is 3.96. The van der Waals surface area contributed by atoms with E-state index in [0.717, 1.165) is 35.2 Å². The molecule has 0 saturated carbocycles. The molecule has 0 aromatic heterocycles. The molecule has 26 heavy (non-hydrogen) atoms. The molecule has 0 N–H and O–H groups in total. The van der Waals surface area contributed by atoms with Crippen molar-refractivity contribution in [1.82, 2.24) is 0 Å². The highest BCUT2D eigenvalue weighted by Crippen LogP contribution is 2.22. The van der Waals surface area contributed by atoms with E-state index in [0.29, 0.717) is 5.57 Å². The lowest BCUT2D eigenvalue weighted by atomic mass is 9.99. The van der Waals surface area contributed by atoms with Crippen molar-refractivity contribution in [2.24, 2.45) is 5.16 Å².